The molecular formula is C23H24N4O4S. The molecule has 1 N–H and O–H groups in total. The fraction of sp³-hybridized carbons (Fsp3) is 0.348. The zero-order valence-corrected chi connectivity index (χ0v) is 18.9. The number of fused-ring (bicyclic) bond motifs is 2. The lowest BCUT2D eigenvalue weighted by atomic mass is 9.91. The molecule has 0 saturated carbocycles. The van der Waals surface area contributed by atoms with Gasteiger partial charge in [-0.15, -0.1) is 11.3 Å². The minimum atomic E-state index is -1.17. The Labute approximate surface area is 189 Å². The summed E-state index contributed by atoms with van der Waals surface area (Å²) in [5.74, 6) is 0.918. The van der Waals surface area contributed by atoms with Gasteiger partial charge >= 0.3 is 6.03 Å². The average Bonchev–Trinajstić information content (AvgIpc) is 3.33. The molecule has 8 nitrogen and oxygen atoms in total. The van der Waals surface area contributed by atoms with Gasteiger partial charge in [-0.05, 0) is 50.7 Å². The fourth-order valence-electron chi connectivity index (χ4n) is 3.98. The van der Waals surface area contributed by atoms with Crippen molar-refractivity contribution in [1.82, 2.24) is 20.1 Å². The van der Waals surface area contributed by atoms with Crippen molar-refractivity contribution in [3.8, 4) is 11.5 Å². The summed E-state index contributed by atoms with van der Waals surface area (Å²) in [4.78, 5) is 34.1. The molecule has 0 bridgehead atoms. The van der Waals surface area contributed by atoms with Crippen molar-refractivity contribution in [2.24, 2.45) is 0 Å². The Kier molecular flexibility index (Phi) is 5.02. The van der Waals surface area contributed by atoms with E-state index in [4.69, 9.17) is 14.5 Å². The van der Waals surface area contributed by atoms with Gasteiger partial charge in [0.2, 0.25) is 0 Å². The molecule has 3 aromatic rings. The van der Waals surface area contributed by atoms with Gasteiger partial charge in [0.15, 0.2) is 11.5 Å². The van der Waals surface area contributed by atoms with Crippen LogP contribution >= 0.6 is 11.3 Å². The smallest absolute Gasteiger partial charge is 0.326 e. The maximum Gasteiger partial charge on any atom is 0.326 e. The number of rotatable bonds is 5. The number of thiazole rings is 1. The third kappa shape index (κ3) is 3.37. The van der Waals surface area contributed by atoms with Crippen LogP contribution in [0, 0.1) is 0 Å². The maximum absolute atomic E-state index is 13.4. The van der Waals surface area contributed by atoms with E-state index in [1.807, 2.05) is 43.1 Å². The standard InChI is InChI=1S/C23H24N4O4S/c1-14(20-24-16-6-4-5-7-19(16)32-20)26(3)13-27-21(28)23(2,25-22(27)29)15-8-9-17-18(12-15)31-11-10-30-17/h4-9,12,14H,10-11,13H2,1-3H3,(H,25,29)/t14-,23+/m0/s1. The maximum atomic E-state index is 13.4. The molecule has 0 aliphatic carbocycles. The second-order valence-electron chi connectivity index (χ2n) is 8.24. The Bertz CT molecular complexity index is 1180. The first-order chi connectivity index (χ1) is 15.4. The summed E-state index contributed by atoms with van der Waals surface area (Å²) < 4.78 is 12.3. The van der Waals surface area contributed by atoms with Crippen LogP contribution in [0.3, 0.4) is 0 Å². The second kappa shape index (κ2) is 7.75. The minimum Gasteiger partial charge on any atom is -0.486 e. The number of hydrogen-bond acceptors (Lipinski definition) is 7. The van der Waals surface area contributed by atoms with Crippen molar-refractivity contribution in [3.05, 3.63) is 53.0 Å². The number of nitrogens with zero attached hydrogens (tertiary/aromatic N) is 3. The van der Waals surface area contributed by atoms with Crippen molar-refractivity contribution in [3.63, 3.8) is 0 Å². The average molecular weight is 453 g/mol. The Morgan fingerprint density at radius 3 is 2.72 bits per heavy atom. The van der Waals surface area contributed by atoms with E-state index in [1.54, 1.807) is 36.5 Å². The number of imide groups is 1. The number of carbonyl (C=O) groups excluding carboxylic acids is 2. The van der Waals surface area contributed by atoms with Crippen LogP contribution in [-0.4, -0.2) is 53.7 Å². The van der Waals surface area contributed by atoms with Gasteiger partial charge in [0.25, 0.3) is 5.91 Å². The third-order valence-corrected chi connectivity index (χ3v) is 7.29. The zero-order chi connectivity index (χ0) is 22.5. The molecule has 0 spiro atoms. The van der Waals surface area contributed by atoms with Gasteiger partial charge in [-0.25, -0.2) is 14.7 Å². The molecule has 1 fully saturated rings. The molecule has 1 aromatic heterocycles. The Morgan fingerprint density at radius 1 is 1.19 bits per heavy atom. The highest BCUT2D eigenvalue weighted by molar-refractivity contribution is 7.18. The molecule has 0 radical (unpaired) electrons. The van der Waals surface area contributed by atoms with Gasteiger partial charge < -0.3 is 14.8 Å². The molecule has 2 aromatic carbocycles. The fourth-order valence-corrected chi connectivity index (χ4v) is 5.06. The predicted octanol–water partition coefficient (Wildman–Crippen LogP) is 3.49. The van der Waals surface area contributed by atoms with Crippen LogP contribution in [0.1, 0.15) is 30.5 Å². The number of urea groups is 1. The topological polar surface area (TPSA) is 84.0 Å². The molecule has 166 valence electrons. The number of carbonyl (C=O) groups is 2. The largest absolute Gasteiger partial charge is 0.486 e. The van der Waals surface area contributed by atoms with E-state index in [9.17, 15) is 9.59 Å². The highest BCUT2D eigenvalue weighted by Gasteiger charge is 2.49. The summed E-state index contributed by atoms with van der Waals surface area (Å²) in [6.45, 7) is 4.84. The van der Waals surface area contributed by atoms with Crippen LogP contribution < -0.4 is 14.8 Å². The van der Waals surface area contributed by atoms with E-state index in [2.05, 4.69) is 5.32 Å². The molecule has 2 aliphatic rings. The molecular weight excluding hydrogens is 428 g/mol. The van der Waals surface area contributed by atoms with E-state index in [0.29, 0.717) is 30.3 Å². The Morgan fingerprint density at radius 2 is 1.94 bits per heavy atom. The monoisotopic (exact) mass is 452 g/mol. The summed E-state index contributed by atoms with van der Waals surface area (Å²) in [5, 5.41) is 3.80. The summed E-state index contributed by atoms with van der Waals surface area (Å²) >= 11 is 1.62. The van der Waals surface area contributed by atoms with Crippen molar-refractivity contribution in [2.45, 2.75) is 25.4 Å². The summed E-state index contributed by atoms with van der Waals surface area (Å²) in [5.41, 5.74) is 0.436. The SMILES string of the molecule is C[C@@H](c1nc2ccccc2s1)N(C)CN1C(=O)N[C@](C)(c2ccc3c(c2)OCCO3)C1=O. The van der Waals surface area contributed by atoms with Crippen molar-refractivity contribution in [1.29, 1.82) is 0 Å². The molecule has 2 aliphatic heterocycles. The Balaban J connectivity index is 1.35. The van der Waals surface area contributed by atoms with Crippen LogP contribution in [0.15, 0.2) is 42.5 Å². The normalized spacial score (nSPS) is 21.3. The highest BCUT2D eigenvalue weighted by atomic mass is 32.1. The first kappa shape index (κ1) is 20.7. The zero-order valence-electron chi connectivity index (χ0n) is 18.1. The lowest BCUT2D eigenvalue weighted by Gasteiger charge is -2.28. The lowest BCUT2D eigenvalue weighted by molar-refractivity contribution is -0.132. The van der Waals surface area contributed by atoms with Crippen LogP contribution in [-0.2, 0) is 10.3 Å². The van der Waals surface area contributed by atoms with E-state index in [0.717, 1.165) is 15.2 Å². The number of hydrogen-bond donors (Lipinski definition) is 1. The van der Waals surface area contributed by atoms with E-state index >= 15 is 0 Å². The quantitative estimate of drug-likeness (QED) is 0.597. The number of ether oxygens (including phenoxy) is 2. The van der Waals surface area contributed by atoms with Gasteiger partial charge in [-0.1, -0.05) is 18.2 Å². The van der Waals surface area contributed by atoms with Crippen molar-refractivity contribution < 1.29 is 19.1 Å². The minimum absolute atomic E-state index is 0.0610. The molecule has 32 heavy (non-hydrogen) atoms. The van der Waals surface area contributed by atoms with E-state index < -0.39 is 11.6 Å². The number of para-hydroxylation sites is 1. The molecule has 2 atom stereocenters. The number of aromatic nitrogens is 1. The second-order valence-corrected chi connectivity index (χ2v) is 9.30. The molecule has 1 saturated heterocycles. The van der Waals surface area contributed by atoms with Gasteiger partial charge in [0.1, 0.15) is 23.8 Å². The van der Waals surface area contributed by atoms with Crippen molar-refractivity contribution >= 4 is 33.5 Å². The molecule has 0 unspecified atom stereocenters. The van der Waals surface area contributed by atoms with Gasteiger partial charge in [0.05, 0.1) is 22.9 Å². The third-order valence-electron chi connectivity index (χ3n) is 6.09. The highest BCUT2D eigenvalue weighted by Crippen LogP contribution is 2.37. The summed E-state index contributed by atoms with van der Waals surface area (Å²) in [6, 6.07) is 12.8. The first-order valence-electron chi connectivity index (χ1n) is 10.5. The molecule has 5 rings (SSSR count). The van der Waals surface area contributed by atoms with Crippen LogP contribution in [0.2, 0.25) is 0 Å². The molecule has 3 heterocycles. The summed E-state index contributed by atoms with van der Waals surface area (Å²) in [7, 11) is 1.89. The van der Waals surface area contributed by atoms with Crippen LogP contribution in [0.4, 0.5) is 4.79 Å². The number of benzene rings is 2. The molecule has 3 amide bonds. The van der Waals surface area contributed by atoms with Crippen LogP contribution in [0.5, 0.6) is 11.5 Å². The van der Waals surface area contributed by atoms with E-state index in [1.165, 1.54) is 4.90 Å². The number of amides is 3. The van der Waals surface area contributed by atoms with E-state index in [-0.39, 0.29) is 18.6 Å². The van der Waals surface area contributed by atoms with Gasteiger partial charge in [-0.3, -0.25) is 9.69 Å². The first-order valence-corrected chi connectivity index (χ1v) is 11.3. The number of nitrogens with one attached hydrogen (secondary N) is 1. The summed E-state index contributed by atoms with van der Waals surface area (Å²) in [6.07, 6.45) is 0. The lowest BCUT2D eigenvalue weighted by Crippen LogP contribution is -2.43. The van der Waals surface area contributed by atoms with Crippen LogP contribution in [0.25, 0.3) is 10.2 Å². The predicted molar refractivity (Wildman–Crippen MR) is 121 cm³/mol. The van der Waals surface area contributed by atoms with Gasteiger partial charge in [0, 0.05) is 0 Å². The Hall–Kier alpha value is -3.17. The molecule has 9 heteroatoms. The van der Waals surface area contributed by atoms with Crippen molar-refractivity contribution in [2.75, 3.05) is 26.9 Å². The van der Waals surface area contributed by atoms with Gasteiger partial charge in [-0.2, -0.15) is 0 Å².